The summed E-state index contributed by atoms with van der Waals surface area (Å²) < 4.78 is 26.2. The van der Waals surface area contributed by atoms with E-state index in [1.807, 2.05) is 19.1 Å². The van der Waals surface area contributed by atoms with E-state index in [1.54, 1.807) is 12.1 Å². The van der Waals surface area contributed by atoms with Crippen LogP contribution in [0.3, 0.4) is 0 Å². The largest absolute Gasteiger partial charge is 0.490 e. The predicted octanol–water partition coefficient (Wildman–Crippen LogP) is 5.08. The van der Waals surface area contributed by atoms with Gasteiger partial charge < -0.3 is 19.9 Å². The zero-order valence-corrected chi connectivity index (χ0v) is 17.6. The normalized spacial score (nSPS) is 10.9. The lowest BCUT2D eigenvalue weighted by Gasteiger charge is -2.16. The molecule has 0 bridgehead atoms. The fourth-order valence-corrected chi connectivity index (χ4v) is 3.36. The number of hydrogen-bond acceptors (Lipinski definition) is 4. The lowest BCUT2D eigenvalue weighted by atomic mass is 10.2. The lowest BCUT2D eigenvalue weighted by Crippen LogP contribution is -2.15. The van der Waals surface area contributed by atoms with Crippen molar-refractivity contribution in [2.45, 2.75) is 32.9 Å². The molecule has 7 heteroatoms. The van der Waals surface area contributed by atoms with Crippen LogP contribution in [0, 0.1) is 5.82 Å². The summed E-state index contributed by atoms with van der Waals surface area (Å²) >= 11 is 9.59. The molecule has 2 N–H and O–H groups in total. The van der Waals surface area contributed by atoms with Crippen molar-refractivity contribution < 1.29 is 19.0 Å². The van der Waals surface area contributed by atoms with Gasteiger partial charge in [-0.1, -0.05) is 17.7 Å². The smallest absolute Gasteiger partial charge is 0.175 e. The summed E-state index contributed by atoms with van der Waals surface area (Å²) in [4.78, 5) is 0. The zero-order chi connectivity index (χ0) is 19.6. The van der Waals surface area contributed by atoms with Gasteiger partial charge in [0.15, 0.2) is 11.5 Å². The van der Waals surface area contributed by atoms with E-state index in [9.17, 15) is 4.39 Å². The Morgan fingerprint density at radius 1 is 1.22 bits per heavy atom. The van der Waals surface area contributed by atoms with Crippen molar-refractivity contribution in [2.24, 2.45) is 0 Å². The molecule has 0 atom stereocenters. The molecule has 0 fully saturated rings. The third-order valence-electron chi connectivity index (χ3n) is 3.88. The van der Waals surface area contributed by atoms with E-state index in [4.69, 9.17) is 26.2 Å². The van der Waals surface area contributed by atoms with Crippen LogP contribution in [0.4, 0.5) is 4.39 Å². The Morgan fingerprint density at radius 2 is 2.04 bits per heavy atom. The SMILES string of the molecule is CCOc1cc(CNCCCCO)cc(Br)c1OCc1c(F)cccc1Cl. The van der Waals surface area contributed by atoms with E-state index in [1.165, 1.54) is 6.07 Å². The summed E-state index contributed by atoms with van der Waals surface area (Å²) in [5.74, 6) is 0.701. The number of nitrogens with one attached hydrogen (secondary N) is 1. The van der Waals surface area contributed by atoms with E-state index < -0.39 is 5.82 Å². The van der Waals surface area contributed by atoms with Gasteiger partial charge in [0.1, 0.15) is 12.4 Å². The molecule has 0 radical (unpaired) electrons. The van der Waals surface area contributed by atoms with E-state index in [0.717, 1.165) is 29.4 Å². The minimum atomic E-state index is -0.403. The second kappa shape index (κ2) is 11.5. The van der Waals surface area contributed by atoms with Gasteiger partial charge in [-0.3, -0.25) is 0 Å². The highest BCUT2D eigenvalue weighted by Gasteiger charge is 2.15. The van der Waals surface area contributed by atoms with E-state index in [0.29, 0.717) is 35.2 Å². The molecule has 0 aliphatic rings. The summed E-state index contributed by atoms with van der Waals surface area (Å²) in [5.41, 5.74) is 1.34. The zero-order valence-electron chi connectivity index (χ0n) is 15.2. The number of ether oxygens (including phenoxy) is 2. The number of rotatable bonds is 11. The third-order valence-corrected chi connectivity index (χ3v) is 4.83. The first kappa shape index (κ1) is 22.0. The molecule has 0 aromatic heterocycles. The van der Waals surface area contributed by atoms with Crippen molar-refractivity contribution >= 4 is 27.5 Å². The minimum Gasteiger partial charge on any atom is -0.490 e. The van der Waals surface area contributed by atoms with Gasteiger partial charge >= 0.3 is 0 Å². The summed E-state index contributed by atoms with van der Waals surface area (Å²) in [5, 5.41) is 12.5. The molecule has 0 spiro atoms. The molecule has 148 valence electrons. The van der Waals surface area contributed by atoms with Crippen molar-refractivity contribution in [2.75, 3.05) is 19.8 Å². The molecule has 2 aromatic carbocycles. The molecule has 4 nitrogen and oxygen atoms in total. The predicted molar refractivity (Wildman–Crippen MR) is 109 cm³/mol. The first-order valence-electron chi connectivity index (χ1n) is 8.89. The van der Waals surface area contributed by atoms with Gasteiger partial charge in [0, 0.05) is 18.7 Å². The molecule has 0 heterocycles. The summed E-state index contributed by atoms with van der Waals surface area (Å²) in [6.45, 7) is 4.08. The van der Waals surface area contributed by atoms with Crippen molar-refractivity contribution in [3.8, 4) is 11.5 Å². The third kappa shape index (κ3) is 6.64. The molecule has 0 amide bonds. The van der Waals surface area contributed by atoms with Crippen molar-refractivity contribution in [3.63, 3.8) is 0 Å². The van der Waals surface area contributed by atoms with Crippen LogP contribution in [0.15, 0.2) is 34.8 Å². The van der Waals surface area contributed by atoms with E-state index in [-0.39, 0.29) is 13.2 Å². The van der Waals surface area contributed by atoms with Gasteiger partial charge in [-0.05, 0) is 72.1 Å². The highest BCUT2D eigenvalue weighted by molar-refractivity contribution is 9.10. The first-order valence-corrected chi connectivity index (χ1v) is 10.1. The van der Waals surface area contributed by atoms with Gasteiger partial charge in [-0.25, -0.2) is 4.39 Å². The Bertz CT molecular complexity index is 725. The highest BCUT2D eigenvalue weighted by atomic mass is 79.9. The van der Waals surface area contributed by atoms with Gasteiger partial charge in [0.05, 0.1) is 16.1 Å². The average Bonchev–Trinajstić information content (AvgIpc) is 2.63. The van der Waals surface area contributed by atoms with Gasteiger partial charge in [0.25, 0.3) is 0 Å². The fraction of sp³-hybridized carbons (Fsp3) is 0.400. The van der Waals surface area contributed by atoms with E-state index >= 15 is 0 Å². The average molecular weight is 461 g/mol. The van der Waals surface area contributed by atoms with Crippen LogP contribution in [-0.4, -0.2) is 24.9 Å². The van der Waals surface area contributed by atoms with Crippen LogP contribution in [0.5, 0.6) is 11.5 Å². The van der Waals surface area contributed by atoms with Crippen LogP contribution >= 0.6 is 27.5 Å². The van der Waals surface area contributed by atoms with Crippen molar-refractivity contribution in [1.29, 1.82) is 0 Å². The molecule has 2 aromatic rings. The van der Waals surface area contributed by atoms with Crippen molar-refractivity contribution in [1.82, 2.24) is 5.32 Å². The maximum Gasteiger partial charge on any atom is 0.175 e. The molecule has 27 heavy (non-hydrogen) atoms. The fourth-order valence-electron chi connectivity index (χ4n) is 2.54. The maximum absolute atomic E-state index is 14.0. The number of unbranched alkanes of at least 4 members (excludes halogenated alkanes) is 1. The van der Waals surface area contributed by atoms with Crippen LogP contribution in [0.1, 0.15) is 30.9 Å². The molecule has 2 rings (SSSR count). The summed E-state index contributed by atoms with van der Waals surface area (Å²) in [7, 11) is 0. The molecule has 0 unspecified atom stereocenters. The van der Waals surface area contributed by atoms with Crippen LogP contribution in [0.25, 0.3) is 0 Å². The van der Waals surface area contributed by atoms with Gasteiger partial charge in [-0.2, -0.15) is 0 Å². The number of aliphatic hydroxyl groups is 1. The molecular formula is C20H24BrClFNO3. The second-order valence-corrected chi connectivity index (χ2v) is 7.20. The Labute approximate surface area is 172 Å². The number of hydrogen-bond donors (Lipinski definition) is 2. The molecule has 0 aliphatic heterocycles. The second-order valence-electron chi connectivity index (χ2n) is 5.93. The van der Waals surface area contributed by atoms with Gasteiger partial charge in [-0.15, -0.1) is 0 Å². The lowest BCUT2D eigenvalue weighted by molar-refractivity contribution is 0.264. The molecule has 0 saturated carbocycles. The number of halogens is 3. The van der Waals surface area contributed by atoms with E-state index in [2.05, 4.69) is 21.2 Å². The number of benzene rings is 2. The van der Waals surface area contributed by atoms with Crippen LogP contribution < -0.4 is 14.8 Å². The number of aliphatic hydroxyl groups excluding tert-OH is 1. The molecule has 0 aliphatic carbocycles. The monoisotopic (exact) mass is 459 g/mol. The Hall–Kier alpha value is -1.34. The Balaban J connectivity index is 2.10. The standard InChI is InChI=1S/C20H24BrClFNO3/c1-2-26-19-11-14(12-24-8-3-4-9-25)10-16(21)20(19)27-13-15-17(22)6-5-7-18(15)23/h5-7,10-11,24-25H,2-4,8-9,12-13H2,1H3. The van der Waals surface area contributed by atoms with Gasteiger partial charge in [0.2, 0.25) is 0 Å². The Kier molecular flexibility index (Phi) is 9.34. The summed E-state index contributed by atoms with van der Waals surface area (Å²) in [6.07, 6.45) is 1.70. The first-order chi connectivity index (χ1) is 13.1. The minimum absolute atomic E-state index is 0.00291. The van der Waals surface area contributed by atoms with Crippen LogP contribution in [0.2, 0.25) is 5.02 Å². The maximum atomic E-state index is 14.0. The topological polar surface area (TPSA) is 50.7 Å². The Morgan fingerprint density at radius 3 is 2.74 bits per heavy atom. The highest BCUT2D eigenvalue weighted by Crippen LogP contribution is 2.38. The quantitative estimate of drug-likeness (QED) is 0.459. The van der Waals surface area contributed by atoms with Crippen LogP contribution in [-0.2, 0) is 13.2 Å². The molecular weight excluding hydrogens is 437 g/mol. The summed E-state index contributed by atoms with van der Waals surface area (Å²) in [6, 6.07) is 8.40. The van der Waals surface area contributed by atoms with Crippen molar-refractivity contribution in [3.05, 3.63) is 56.8 Å². The molecule has 0 saturated heterocycles.